The zero-order valence-corrected chi connectivity index (χ0v) is 19.7. The number of nitrogens with zero attached hydrogens (tertiary/aromatic N) is 1. The molecule has 0 aliphatic rings. The average molecular weight is 451 g/mol. The Morgan fingerprint density at radius 1 is 0.882 bits per heavy atom. The molecule has 0 amide bonds. The third-order valence-corrected chi connectivity index (χ3v) is 6.25. The number of benzene rings is 3. The third kappa shape index (κ3) is 4.43. The summed E-state index contributed by atoms with van der Waals surface area (Å²) in [4.78, 5) is 0. The van der Waals surface area contributed by atoms with Gasteiger partial charge in [-0.05, 0) is 48.7 Å². The minimum atomic E-state index is -0.558. The van der Waals surface area contributed by atoms with Crippen LogP contribution in [0.25, 0.3) is 33.3 Å². The van der Waals surface area contributed by atoms with Gasteiger partial charge in [-0.1, -0.05) is 72.3 Å². The van der Waals surface area contributed by atoms with E-state index in [0.717, 1.165) is 17.0 Å². The maximum Gasteiger partial charge on any atom is 0.117 e. The Morgan fingerprint density at radius 2 is 1.59 bits per heavy atom. The highest BCUT2D eigenvalue weighted by molar-refractivity contribution is 6.06. The number of fused-ring (bicyclic) bond motifs is 1. The van der Waals surface area contributed by atoms with Gasteiger partial charge in [0, 0.05) is 17.5 Å². The van der Waals surface area contributed by atoms with Crippen LogP contribution in [0.2, 0.25) is 0 Å². The fourth-order valence-electron chi connectivity index (χ4n) is 4.91. The van der Waals surface area contributed by atoms with Gasteiger partial charge in [0.25, 0.3) is 0 Å². The van der Waals surface area contributed by atoms with E-state index in [1.807, 2.05) is 18.2 Å². The maximum atomic E-state index is 11.1. The number of furan rings is 1. The van der Waals surface area contributed by atoms with Crippen LogP contribution in [0, 0.1) is 13.8 Å². The standard InChI is InChI=1S/C30H30N2O2/c1-21-16-22(2)29-27(17-21)28(23-10-5-3-6-11-23)30(24-12-7-4-8-13-24)32(29)20-25(33)18-31-19-26-14-9-15-34-26/h3-17,25,31,33H,18-20H2,1-2H3/t25-/m0/s1. The average Bonchev–Trinajstić information content (AvgIpc) is 3.46. The fraction of sp³-hybridized carbons (Fsp3) is 0.200. The van der Waals surface area contributed by atoms with E-state index in [2.05, 4.69) is 90.5 Å². The first-order valence-corrected chi connectivity index (χ1v) is 11.8. The maximum absolute atomic E-state index is 11.1. The van der Waals surface area contributed by atoms with Crippen molar-refractivity contribution in [1.82, 2.24) is 9.88 Å². The van der Waals surface area contributed by atoms with Gasteiger partial charge in [0.1, 0.15) is 5.76 Å². The van der Waals surface area contributed by atoms with Crippen molar-refractivity contribution in [3.05, 3.63) is 108 Å². The molecule has 0 bridgehead atoms. The van der Waals surface area contributed by atoms with Crippen LogP contribution in [0.5, 0.6) is 0 Å². The van der Waals surface area contributed by atoms with Crippen molar-refractivity contribution in [3.8, 4) is 22.4 Å². The van der Waals surface area contributed by atoms with Crippen LogP contribution in [0.1, 0.15) is 16.9 Å². The summed E-state index contributed by atoms with van der Waals surface area (Å²) in [6.07, 6.45) is 1.11. The lowest BCUT2D eigenvalue weighted by molar-refractivity contribution is 0.152. The Morgan fingerprint density at radius 3 is 2.26 bits per heavy atom. The topological polar surface area (TPSA) is 50.3 Å². The first kappa shape index (κ1) is 22.2. The van der Waals surface area contributed by atoms with Crippen LogP contribution >= 0.6 is 0 Å². The van der Waals surface area contributed by atoms with Gasteiger partial charge in [0.15, 0.2) is 0 Å². The summed E-state index contributed by atoms with van der Waals surface area (Å²) < 4.78 is 7.70. The van der Waals surface area contributed by atoms with E-state index < -0.39 is 6.10 Å². The first-order valence-electron chi connectivity index (χ1n) is 11.8. The molecular weight excluding hydrogens is 420 g/mol. The van der Waals surface area contributed by atoms with Crippen molar-refractivity contribution in [2.24, 2.45) is 0 Å². The van der Waals surface area contributed by atoms with Gasteiger partial charge in [-0.3, -0.25) is 0 Å². The Balaban J connectivity index is 1.62. The molecule has 4 heteroatoms. The van der Waals surface area contributed by atoms with Crippen molar-refractivity contribution < 1.29 is 9.52 Å². The second kappa shape index (κ2) is 9.72. The summed E-state index contributed by atoms with van der Waals surface area (Å²) >= 11 is 0. The van der Waals surface area contributed by atoms with Crippen LogP contribution in [0.4, 0.5) is 0 Å². The third-order valence-electron chi connectivity index (χ3n) is 6.25. The van der Waals surface area contributed by atoms with E-state index in [4.69, 9.17) is 4.42 Å². The summed E-state index contributed by atoms with van der Waals surface area (Å²) in [5, 5.41) is 15.6. The molecule has 3 aromatic carbocycles. The van der Waals surface area contributed by atoms with E-state index in [-0.39, 0.29) is 0 Å². The molecule has 0 fully saturated rings. The number of aryl methyl sites for hydroxylation is 2. The molecule has 172 valence electrons. The van der Waals surface area contributed by atoms with Gasteiger partial charge >= 0.3 is 0 Å². The predicted molar refractivity (Wildman–Crippen MR) is 139 cm³/mol. The minimum Gasteiger partial charge on any atom is -0.468 e. The van der Waals surface area contributed by atoms with Crippen LogP contribution in [-0.2, 0) is 13.1 Å². The molecule has 0 spiro atoms. The molecule has 1 atom stereocenters. The van der Waals surface area contributed by atoms with Gasteiger partial charge in [-0.25, -0.2) is 0 Å². The number of nitrogens with one attached hydrogen (secondary N) is 1. The van der Waals surface area contributed by atoms with Gasteiger partial charge in [-0.2, -0.15) is 0 Å². The summed E-state index contributed by atoms with van der Waals surface area (Å²) in [5.41, 5.74) is 8.30. The number of hydrogen-bond donors (Lipinski definition) is 2. The van der Waals surface area contributed by atoms with Crippen LogP contribution in [0.3, 0.4) is 0 Å². The monoisotopic (exact) mass is 450 g/mol. The summed E-state index contributed by atoms with van der Waals surface area (Å²) in [5.74, 6) is 0.862. The Hall–Kier alpha value is -3.60. The SMILES string of the molecule is Cc1cc(C)c2c(c1)c(-c1ccccc1)c(-c1ccccc1)n2C[C@@H](O)CNCc1ccco1. The lowest BCUT2D eigenvalue weighted by Crippen LogP contribution is -2.30. The predicted octanol–water partition coefficient (Wildman–Crippen LogP) is 6.34. The second-order valence-corrected chi connectivity index (χ2v) is 8.91. The lowest BCUT2D eigenvalue weighted by atomic mass is 9.97. The van der Waals surface area contributed by atoms with Crippen molar-refractivity contribution in [2.75, 3.05) is 6.54 Å². The van der Waals surface area contributed by atoms with Gasteiger partial charge in [0.05, 0.1) is 36.7 Å². The molecule has 5 rings (SSSR count). The Labute approximate surface area is 200 Å². The van der Waals surface area contributed by atoms with Crippen molar-refractivity contribution in [1.29, 1.82) is 0 Å². The number of hydrogen-bond acceptors (Lipinski definition) is 3. The zero-order valence-electron chi connectivity index (χ0n) is 19.7. The van der Waals surface area contributed by atoms with Crippen molar-refractivity contribution >= 4 is 10.9 Å². The highest BCUT2D eigenvalue weighted by Gasteiger charge is 2.23. The molecule has 2 N–H and O–H groups in total. The van der Waals surface area contributed by atoms with E-state index in [1.165, 1.54) is 33.2 Å². The van der Waals surface area contributed by atoms with Gasteiger partial charge in [0.2, 0.25) is 0 Å². The molecule has 0 aliphatic heterocycles. The Kier molecular flexibility index (Phi) is 6.35. The zero-order chi connectivity index (χ0) is 23.5. The van der Waals surface area contributed by atoms with Gasteiger partial charge in [-0.15, -0.1) is 0 Å². The van der Waals surface area contributed by atoms with E-state index >= 15 is 0 Å². The van der Waals surface area contributed by atoms with Gasteiger partial charge < -0.3 is 19.4 Å². The molecule has 0 aliphatic carbocycles. The van der Waals surface area contributed by atoms with E-state index in [9.17, 15) is 5.11 Å². The number of aromatic nitrogens is 1. The molecule has 2 heterocycles. The fourth-order valence-corrected chi connectivity index (χ4v) is 4.91. The molecule has 34 heavy (non-hydrogen) atoms. The molecule has 0 radical (unpaired) electrons. The first-order chi connectivity index (χ1) is 16.6. The van der Waals surface area contributed by atoms with E-state index in [0.29, 0.717) is 19.6 Å². The minimum absolute atomic E-state index is 0.472. The van der Waals surface area contributed by atoms with Crippen molar-refractivity contribution in [2.45, 2.75) is 33.0 Å². The molecular formula is C30H30N2O2. The highest BCUT2D eigenvalue weighted by Crippen LogP contribution is 2.42. The van der Waals surface area contributed by atoms with Crippen LogP contribution < -0.4 is 5.32 Å². The molecule has 4 nitrogen and oxygen atoms in total. The smallest absolute Gasteiger partial charge is 0.117 e. The summed E-state index contributed by atoms with van der Waals surface area (Å²) in [6, 6.07) is 29.4. The molecule has 2 aromatic heterocycles. The number of rotatable bonds is 8. The highest BCUT2D eigenvalue weighted by atomic mass is 16.3. The Bertz CT molecular complexity index is 1370. The second-order valence-electron chi connectivity index (χ2n) is 8.91. The summed E-state index contributed by atoms with van der Waals surface area (Å²) in [6.45, 7) is 5.86. The molecule has 0 saturated carbocycles. The van der Waals surface area contributed by atoms with E-state index in [1.54, 1.807) is 6.26 Å². The number of aliphatic hydroxyl groups is 1. The van der Waals surface area contributed by atoms with Crippen LogP contribution in [-0.4, -0.2) is 22.3 Å². The van der Waals surface area contributed by atoms with Crippen molar-refractivity contribution in [3.63, 3.8) is 0 Å². The quantitative estimate of drug-likeness (QED) is 0.290. The van der Waals surface area contributed by atoms with Crippen LogP contribution in [0.15, 0.2) is 95.6 Å². The lowest BCUT2D eigenvalue weighted by Gasteiger charge is -2.18. The molecule has 5 aromatic rings. The largest absolute Gasteiger partial charge is 0.468 e. The molecule has 0 unspecified atom stereocenters. The molecule has 0 saturated heterocycles. The normalized spacial score (nSPS) is 12.3. The summed E-state index contributed by atoms with van der Waals surface area (Å²) in [7, 11) is 0. The number of aliphatic hydroxyl groups excluding tert-OH is 1.